The molecule has 4 aromatic rings. The fourth-order valence-corrected chi connectivity index (χ4v) is 6.04. The van der Waals surface area contributed by atoms with Crippen LogP contribution in [0.2, 0.25) is 5.02 Å². The summed E-state index contributed by atoms with van der Waals surface area (Å²) in [5.41, 5.74) is 1.26. The molecule has 1 atom stereocenters. The van der Waals surface area contributed by atoms with Gasteiger partial charge in [-0.25, -0.2) is 10.1 Å². The number of ether oxygens (including phenoxy) is 2. The maximum atomic E-state index is 14.4. The van der Waals surface area contributed by atoms with Crippen LogP contribution < -0.4 is 17.8 Å². The molecule has 1 unspecified atom stereocenters. The Morgan fingerprint density at radius 1 is 1.16 bits per heavy atom. The van der Waals surface area contributed by atoms with Gasteiger partial charge in [-0.3, -0.25) is 4.79 Å². The number of methoxy groups -OCH3 is 1. The van der Waals surface area contributed by atoms with Gasteiger partial charge in [-0.05, 0) is 50.3 Å². The first-order valence-electron chi connectivity index (χ1n) is 13.2. The van der Waals surface area contributed by atoms with E-state index in [-0.39, 0.29) is 53.5 Å². The van der Waals surface area contributed by atoms with Crippen LogP contribution in [0.3, 0.4) is 0 Å². The van der Waals surface area contributed by atoms with Crippen molar-refractivity contribution in [1.29, 1.82) is 0 Å². The highest BCUT2D eigenvalue weighted by Crippen LogP contribution is 2.43. The van der Waals surface area contributed by atoms with Gasteiger partial charge in [-0.1, -0.05) is 11.6 Å². The second-order valence-corrected chi connectivity index (χ2v) is 14.1. The average Bonchev–Trinajstić information content (AvgIpc) is 3.51. The van der Waals surface area contributed by atoms with Crippen molar-refractivity contribution in [3.05, 3.63) is 46.6 Å². The van der Waals surface area contributed by atoms with E-state index in [0.717, 1.165) is 12.5 Å². The Morgan fingerprint density at radius 2 is 1.89 bits per heavy atom. The molecule has 0 bridgehead atoms. The number of pyridine rings is 1. The molecule has 1 N–H and O–H groups in total. The van der Waals surface area contributed by atoms with Crippen LogP contribution in [0.15, 0.2) is 30.5 Å². The summed E-state index contributed by atoms with van der Waals surface area (Å²) in [6.07, 6.45) is 3.33. The Kier molecular flexibility index (Phi) is 8.54. The van der Waals surface area contributed by atoms with Crippen molar-refractivity contribution in [2.45, 2.75) is 13.0 Å². The van der Waals surface area contributed by atoms with Crippen molar-refractivity contribution in [2.75, 3.05) is 46.9 Å². The number of hydrogen-bond acceptors (Lipinski definition) is 12. The molecule has 44 heavy (non-hydrogen) atoms. The lowest BCUT2D eigenvalue weighted by Gasteiger charge is -2.25. The van der Waals surface area contributed by atoms with Crippen molar-refractivity contribution >= 4 is 48.5 Å². The Morgan fingerprint density at radius 3 is 2.55 bits per heavy atom. The topological polar surface area (TPSA) is 172 Å². The highest BCUT2D eigenvalue weighted by atomic mass is 35.5. The summed E-state index contributed by atoms with van der Waals surface area (Å²) in [6.45, 7) is 0.507. The van der Waals surface area contributed by atoms with E-state index < -0.39 is 37.8 Å². The van der Waals surface area contributed by atoms with Crippen LogP contribution in [-0.2, 0) is 33.2 Å². The molecule has 0 saturated heterocycles. The molecule has 3 aromatic heterocycles. The SMILES string of the molecule is COc1[nH]ncc1-c1cc2c(c(OS(C)(=O)=O)n1)c(C(=O)C1COc3ccc(Cl)cc3C1)c(OS(C)(=O)=O)n2CCN(C)C. The molecule has 4 heterocycles. The van der Waals surface area contributed by atoms with Crippen LogP contribution in [-0.4, -0.2) is 94.1 Å². The van der Waals surface area contributed by atoms with Gasteiger partial charge < -0.3 is 27.3 Å². The van der Waals surface area contributed by atoms with Crippen LogP contribution in [0.4, 0.5) is 0 Å². The summed E-state index contributed by atoms with van der Waals surface area (Å²) < 4.78 is 73.7. The summed E-state index contributed by atoms with van der Waals surface area (Å²) in [6, 6.07) is 6.63. The smallest absolute Gasteiger partial charge is 0.307 e. The molecule has 236 valence electrons. The van der Waals surface area contributed by atoms with Crippen LogP contribution in [0, 0.1) is 5.92 Å². The number of benzene rings is 1. The molecular formula is C27H30ClN5O9S2. The Hall–Kier alpha value is -3.86. The lowest BCUT2D eigenvalue weighted by Crippen LogP contribution is -2.29. The molecule has 14 nitrogen and oxygen atoms in total. The van der Waals surface area contributed by atoms with Crippen LogP contribution in [0.1, 0.15) is 15.9 Å². The predicted octanol–water partition coefficient (Wildman–Crippen LogP) is 2.76. The summed E-state index contributed by atoms with van der Waals surface area (Å²) >= 11 is 6.19. The van der Waals surface area contributed by atoms with E-state index in [4.69, 9.17) is 29.4 Å². The number of carbonyl (C=O) groups is 1. The Labute approximate surface area is 259 Å². The maximum Gasteiger partial charge on any atom is 0.307 e. The lowest BCUT2D eigenvalue weighted by atomic mass is 9.89. The highest BCUT2D eigenvalue weighted by molar-refractivity contribution is 7.86. The number of hydrogen-bond donors (Lipinski definition) is 1. The molecule has 0 aliphatic carbocycles. The second-order valence-electron chi connectivity index (χ2n) is 10.6. The largest absolute Gasteiger partial charge is 0.493 e. The van der Waals surface area contributed by atoms with E-state index in [0.29, 0.717) is 28.4 Å². The quantitative estimate of drug-likeness (QED) is 0.183. The number of ketones is 1. The third-order valence-electron chi connectivity index (χ3n) is 6.83. The molecule has 0 fully saturated rings. The molecule has 17 heteroatoms. The first-order chi connectivity index (χ1) is 20.6. The van der Waals surface area contributed by atoms with E-state index in [2.05, 4.69) is 15.2 Å². The van der Waals surface area contributed by atoms with Crippen molar-refractivity contribution in [1.82, 2.24) is 24.6 Å². The summed E-state index contributed by atoms with van der Waals surface area (Å²) in [5.74, 6) is -1.32. The number of rotatable bonds is 11. The molecule has 0 saturated carbocycles. The third kappa shape index (κ3) is 6.62. The van der Waals surface area contributed by atoms with Crippen LogP contribution in [0.25, 0.3) is 22.2 Å². The number of Topliss-reactive ketones (excluding diaryl/α,β-unsaturated/α-hetero) is 1. The number of nitrogens with zero attached hydrogens (tertiary/aromatic N) is 4. The van der Waals surface area contributed by atoms with Crippen molar-refractivity contribution in [3.8, 4) is 34.6 Å². The Bertz CT molecular complexity index is 1970. The first-order valence-corrected chi connectivity index (χ1v) is 17.2. The molecule has 1 aromatic carbocycles. The van der Waals surface area contributed by atoms with Gasteiger partial charge in [0.2, 0.25) is 17.6 Å². The molecule has 0 amide bonds. The standard InChI is InChI=1S/C27H30ClN5O9S2/c1-32(2)8-9-33-20-12-19(18-13-29-31-25(18)39-3)30-26(41-43(4,35)36)22(20)23(27(33)42-44(5,37)38)24(34)16-10-15-11-17(28)6-7-21(15)40-14-16/h6-7,11-13,16H,8-10,14H2,1-5H3,(H,29,31). The van der Waals surface area contributed by atoms with Crippen molar-refractivity contribution in [3.63, 3.8) is 0 Å². The van der Waals surface area contributed by atoms with Gasteiger partial charge in [0, 0.05) is 18.1 Å². The number of fused-ring (bicyclic) bond motifs is 2. The minimum Gasteiger partial charge on any atom is -0.493 e. The van der Waals surface area contributed by atoms with Crippen LogP contribution in [0.5, 0.6) is 23.4 Å². The average molecular weight is 668 g/mol. The van der Waals surface area contributed by atoms with Gasteiger partial charge in [-0.15, -0.1) is 0 Å². The number of carbonyl (C=O) groups excluding carboxylic acids is 1. The zero-order valence-electron chi connectivity index (χ0n) is 24.5. The molecule has 0 radical (unpaired) electrons. The summed E-state index contributed by atoms with van der Waals surface area (Å²) in [7, 11) is -3.33. The zero-order valence-corrected chi connectivity index (χ0v) is 26.8. The zero-order chi connectivity index (χ0) is 32.0. The van der Waals surface area contributed by atoms with Gasteiger partial charge in [0.05, 0.1) is 66.1 Å². The van der Waals surface area contributed by atoms with E-state index in [1.165, 1.54) is 17.9 Å². The number of aromatic nitrogens is 4. The van der Waals surface area contributed by atoms with E-state index in [1.54, 1.807) is 24.3 Å². The number of nitrogens with one attached hydrogen (secondary N) is 1. The van der Waals surface area contributed by atoms with Crippen LogP contribution >= 0.6 is 11.6 Å². The molecule has 5 rings (SSSR count). The van der Waals surface area contributed by atoms with E-state index >= 15 is 0 Å². The predicted molar refractivity (Wildman–Crippen MR) is 162 cm³/mol. The van der Waals surface area contributed by atoms with Gasteiger partial charge in [0.25, 0.3) is 0 Å². The first kappa shape index (κ1) is 31.6. The molecule has 1 aliphatic rings. The number of halogens is 1. The monoisotopic (exact) mass is 667 g/mol. The molecule has 1 aliphatic heterocycles. The summed E-state index contributed by atoms with van der Waals surface area (Å²) in [5, 5.41) is 7.07. The lowest BCUT2D eigenvalue weighted by molar-refractivity contribution is 0.0854. The highest BCUT2D eigenvalue weighted by Gasteiger charge is 2.36. The van der Waals surface area contributed by atoms with Gasteiger partial charge in [-0.2, -0.15) is 21.9 Å². The van der Waals surface area contributed by atoms with Crippen molar-refractivity contribution in [2.24, 2.45) is 5.92 Å². The molecular weight excluding hydrogens is 638 g/mol. The van der Waals surface area contributed by atoms with E-state index in [1.807, 2.05) is 19.0 Å². The fraction of sp³-hybridized carbons (Fsp3) is 0.370. The summed E-state index contributed by atoms with van der Waals surface area (Å²) in [4.78, 5) is 20.7. The minimum absolute atomic E-state index is 0.0316. The normalized spacial score (nSPS) is 15.2. The maximum absolute atomic E-state index is 14.4. The van der Waals surface area contributed by atoms with Crippen molar-refractivity contribution < 1.29 is 39.5 Å². The van der Waals surface area contributed by atoms with Gasteiger partial charge >= 0.3 is 20.2 Å². The number of likely N-dealkylation sites (N-methyl/N-ethyl adjacent to an activating group) is 1. The fourth-order valence-electron chi connectivity index (χ4n) is 4.98. The molecule has 0 spiro atoms. The Balaban J connectivity index is 1.82. The minimum atomic E-state index is -4.19. The van der Waals surface area contributed by atoms with Gasteiger partial charge in [0.1, 0.15) is 5.75 Å². The number of H-pyrrole nitrogens is 1. The second kappa shape index (κ2) is 11.9. The number of aromatic amines is 1. The third-order valence-corrected chi connectivity index (χ3v) is 7.98. The van der Waals surface area contributed by atoms with E-state index in [9.17, 15) is 21.6 Å². The van der Waals surface area contributed by atoms with Gasteiger partial charge in [0.15, 0.2) is 5.78 Å².